The van der Waals surface area contributed by atoms with Crippen molar-refractivity contribution in [1.29, 1.82) is 0 Å². The maximum Gasteiger partial charge on any atom is 0.269 e. The molecule has 18 heavy (non-hydrogen) atoms. The van der Waals surface area contributed by atoms with Crippen LogP contribution in [-0.2, 0) is 11.4 Å². The van der Waals surface area contributed by atoms with Crippen LogP contribution in [0.25, 0.3) is 0 Å². The SMILES string of the molecule is CN(C)CCCN[S+]([O-])c1ccc([N+](=O)[O-])cc1. The minimum absolute atomic E-state index is 0.00311. The van der Waals surface area contributed by atoms with Gasteiger partial charge < -0.3 is 9.45 Å². The molecule has 0 fully saturated rings. The molecule has 1 rings (SSSR count). The van der Waals surface area contributed by atoms with Gasteiger partial charge in [0.25, 0.3) is 5.69 Å². The molecule has 0 aliphatic heterocycles. The quantitative estimate of drug-likeness (QED) is 0.348. The van der Waals surface area contributed by atoms with E-state index in [4.69, 9.17) is 0 Å². The second kappa shape index (κ2) is 7.32. The molecular weight excluding hydrogens is 254 g/mol. The molecule has 0 aliphatic carbocycles. The lowest BCUT2D eigenvalue weighted by Gasteiger charge is -2.12. The Labute approximate surface area is 109 Å². The summed E-state index contributed by atoms with van der Waals surface area (Å²) in [5, 5.41) is 10.5. The van der Waals surface area contributed by atoms with Crippen molar-refractivity contribution in [1.82, 2.24) is 9.62 Å². The first-order valence-electron chi connectivity index (χ1n) is 5.55. The second-order valence-corrected chi connectivity index (χ2v) is 5.37. The van der Waals surface area contributed by atoms with Crippen molar-refractivity contribution in [3.05, 3.63) is 34.4 Å². The van der Waals surface area contributed by atoms with Gasteiger partial charge in [-0.05, 0) is 27.1 Å². The lowest BCUT2D eigenvalue weighted by molar-refractivity contribution is -0.384. The van der Waals surface area contributed by atoms with Crippen LogP contribution in [0.4, 0.5) is 5.69 Å². The van der Waals surface area contributed by atoms with Gasteiger partial charge in [-0.25, -0.2) is 0 Å². The highest BCUT2D eigenvalue weighted by atomic mass is 32.2. The summed E-state index contributed by atoms with van der Waals surface area (Å²) in [4.78, 5) is 12.6. The summed E-state index contributed by atoms with van der Waals surface area (Å²) in [5.74, 6) is 0. The summed E-state index contributed by atoms with van der Waals surface area (Å²) in [6, 6.07) is 5.73. The van der Waals surface area contributed by atoms with E-state index >= 15 is 0 Å². The fraction of sp³-hybridized carbons (Fsp3) is 0.455. The van der Waals surface area contributed by atoms with E-state index in [1.54, 1.807) is 0 Å². The number of non-ortho nitro benzene ring substituents is 1. The van der Waals surface area contributed by atoms with Crippen molar-refractivity contribution in [2.24, 2.45) is 0 Å². The molecule has 0 spiro atoms. The van der Waals surface area contributed by atoms with E-state index in [1.165, 1.54) is 24.3 Å². The highest BCUT2D eigenvalue weighted by Gasteiger charge is 2.13. The summed E-state index contributed by atoms with van der Waals surface area (Å²) in [5.41, 5.74) is 0.00311. The number of nitrogens with zero attached hydrogens (tertiary/aromatic N) is 2. The van der Waals surface area contributed by atoms with Gasteiger partial charge in [0.1, 0.15) is 0 Å². The van der Waals surface area contributed by atoms with E-state index in [1.807, 2.05) is 14.1 Å². The van der Waals surface area contributed by atoms with Gasteiger partial charge in [-0.15, -0.1) is 4.72 Å². The van der Waals surface area contributed by atoms with Crippen molar-refractivity contribution in [3.63, 3.8) is 0 Å². The largest absolute Gasteiger partial charge is 0.593 e. The first-order chi connectivity index (χ1) is 8.50. The Kier molecular flexibility index (Phi) is 6.06. The van der Waals surface area contributed by atoms with Crippen LogP contribution < -0.4 is 4.72 Å². The van der Waals surface area contributed by atoms with Crippen LogP contribution in [0.15, 0.2) is 29.2 Å². The summed E-state index contributed by atoms with van der Waals surface area (Å²) in [6.45, 7) is 1.56. The third-order valence-electron chi connectivity index (χ3n) is 2.28. The number of nitro groups is 1. The van der Waals surface area contributed by atoms with Gasteiger partial charge in [0.2, 0.25) is 0 Å². The zero-order valence-electron chi connectivity index (χ0n) is 10.5. The predicted octanol–water partition coefficient (Wildman–Crippen LogP) is 1.16. The van der Waals surface area contributed by atoms with Gasteiger partial charge in [-0.1, -0.05) is 0 Å². The van der Waals surface area contributed by atoms with E-state index < -0.39 is 16.3 Å². The maximum atomic E-state index is 11.8. The third-order valence-corrected chi connectivity index (χ3v) is 3.44. The maximum absolute atomic E-state index is 11.8. The molecule has 0 amide bonds. The molecule has 100 valence electrons. The monoisotopic (exact) mass is 271 g/mol. The summed E-state index contributed by atoms with van der Waals surface area (Å²) < 4.78 is 14.7. The van der Waals surface area contributed by atoms with Crippen LogP contribution in [0.1, 0.15) is 6.42 Å². The first kappa shape index (κ1) is 14.9. The second-order valence-electron chi connectivity index (χ2n) is 4.07. The number of nitro benzene ring substituents is 1. The topological polar surface area (TPSA) is 81.5 Å². The van der Waals surface area contributed by atoms with Gasteiger partial charge in [0.15, 0.2) is 4.90 Å². The zero-order valence-corrected chi connectivity index (χ0v) is 11.3. The number of rotatable bonds is 7. The Morgan fingerprint density at radius 1 is 1.33 bits per heavy atom. The van der Waals surface area contributed by atoms with Crippen molar-refractivity contribution in [2.75, 3.05) is 27.2 Å². The Morgan fingerprint density at radius 2 is 1.94 bits per heavy atom. The normalized spacial score (nSPS) is 12.7. The molecule has 1 aromatic rings. The van der Waals surface area contributed by atoms with E-state index in [9.17, 15) is 14.7 Å². The van der Waals surface area contributed by atoms with Crippen molar-refractivity contribution >= 4 is 17.0 Å². The van der Waals surface area contributed by atoms with E-state index in [2.05, 4.69) is 9.62 Å². The minimum atomic E-state index is -1.31. The fourth-order valence-corrected chi connectivity index (χ4v) is 2.21. The number of hydrogen-bond acceptors (Lipinski definition) is 5. The van der Waals surface area contributed by atoms with Crippen LogP contribution >= 0.6 is 0 Å². The standard InChI is InChI=1S/C11H17N3O3S/c1-13(2)9-3-8-12-18(17)11-6-4-10(5-7-11)14(15)16/h4-7,12H,3,8-9H2,1-2H3. The molecule has 7 heteroatoms. The Hall–Kier alpha value is -1.15. The van der Waals surface area contributed by atoms with Crippen molar-refractivity contribution in [3.8, 4) is 0 Å². The molecule has 0 bridgehead atoms. The predicted molar refractivity (Wildman–Crippen MR) is 70.7 cm³/mol. The van der Waals surface area contributed by atoms with Crippen LogP contribution in [0.3, 0.4) is 0 Å². The van der Waals surface area contributed by atoms with Gasteiger partial charge in [-0.2, -0.15) is 0 Å². The van der Waals surface area contributed by atoms with E-state index in [0.29, 0.717) is 11.4 Å². The molecule has 1 atom stereocenters. The van der Waals surface area contributed by atoms with Crippen molar-refractivity contribution in [2.45, 2.75) is 11.3 Å². The number of benzene rings is 1. The van der Waals surface area contributed by atoms with Gasteiger partial charge in [-0.3, -0.25) is 10.1 Å². The highest BCUT2D eigenvalue weighted by molar-refractivity contribution is 7.89. The molecule has 0 saturated carbocycles. The molecule has 1 N–H and O–H groups in total. The van der Waals surface area contributed by atoms with E-state index in [0.717, 1.165) is 13.0 Å². The number of nitrogens with one attached hydrogen (secondary N) is 1. The molecular formula is C11H17N3O3S. The lowest BCUT2D eigenvalue weighted by Crippen LogP contribution is -2.27. The smallest absolute Gasteiger partial charge is 0.269 e. The van der Waals surface area contributed by atoms with Crippen LogP contribution in [0, 0.1) is 10.1 Å². The molecule has 0 saturated heterocycles. The lowest BCUT2D eigenvalue weighted by atomic mass is 10.3. The third kappa shape index (κ3) is 5.01. The molecule has 6 nitrogen and oxygen atoms in total. The van der Waals surface area contributed by atoms with Crippen LogP contribution in [0.5, 0.6) is 0 Å². The Bertz CT molecular complexity index is 384. The Morgan fingerprint density at radius 3 is 2.44 bits per heavy atom. The average molecular weight is 271 g/mol. The summed E-state index contributed by atoms with van der Waals surface area (Å²) in [6.07, 6.45) is 0.895. The van der Waals surface area contributed by atoms with Crippen LogP contribution in [-0.4, -0.2) is 41.6 Å². The molecule has 0 aliphatic rings. The summed E-state index contributed by atoms with van der Waals surface area (Å²) in [7, 11) is 3.96. The average Bonchev–Trinajstić information content (AvgIpc) is 2.34. The van der Waals surface area contributed by atoms with E-state index in [-0.39, 0.29) is 5.69 Å². The van der Waals surface area contributed by atoms with Crippen molar-refractivity contribution < 1.29 is 9.48 Å². The number of hydrogen-bond donors (Lipinski definition) is 1. The minimum Gasteiger partial charge on any atom is -0.593 e. The summed E-state index contributed by atoms with van der Waals surface area (Å²) >= 11 is -1.31. The highest BCUT2D eigenvalue weighted by Crippen LogP contribution is 2.15. The Balaban J connectivity index is 2.41. The molecule has 1 aromatic carbocycles. The first-order valence-corrected chi connectivity index (χ1v) is 6.70. The molecule has 0 aromatic heterocycles. The van der Waals surface area contributed by atoms with Gasteiger partial charge in [0.05, 0.1) is 16.3 Å². The molecule has 1 unspecified atom stereocenters. The fourth-order valence-electron chi connectivity index (χ4n) is 1.33. The van der Waals surface area contributed by atoms with Gasteiger partial charge in [0, 0.05) is 30.8 Å². The molecule has 0 radical (unpaired) electrons. The van der Waals surface area contributed by atoms with Crippen LogP contribution in [0.2, 0.25) is 0 Å². The zero-order chi connectivity index (χ0) is 13.5. The van der Waals surface area contributed by atoms with Gasteiger partial charge >= 0.3 is 0 Å². The molecule has 0 heterocycles.